The maximum atomic E-state index is 13.5. The number of hydrogen-bond acceptors (Lipinski definition) is 2. The molecule has 1 saturated heterocycles. The highest BCUT2D eigenvalue weighted by Crippen LogP contribution is 2.22. The average Bonchev–Trinajstić information content (AvgIpc) is 2.41. The van der Waals surface area contributed by atoms with E-state index in [1.54, 1.807) is 17.0 Å². The van der Waals surface area contributed by atoms with Crippen molar-refractivity contribution in [1.29, 1.82) is 0 Å². The molecule has 2 rings (SSSR count). The van der Waals surface area contributed by atoms with E-state index in [9.17, 15) is 9.18 Å². The summed E-state index contributed by atoms with van der Waals surface area (Å²) in [5.74, 6) is -0.193. The largest absolute Gasteiger partial charge is 0.338 e. The van der Waals surface area contributed by atoms with Crippen molar-refractivity contribution in [2.75, 3.05) is 13.1 Å². The Kier molecular flexibility index (Phi) is 4.58. The lowest BCUT2D eigenvalue weighted by Crippen LogP contribution is -2.45. The molecular formula is C14H18BrFN2O. The van der Waals surface area contributed by atoms with Gasteiger partial charge in [0, 0.05) is 24.7 Å². The van der Waals surface area contributed by atoms with Gasteiger partial charge in [0.15, 0.2) is 0 Å². The normalized spacial score (nSPS) is 21.3. The van der Waals surface area contributed by atoms with Crippen LogP contribution in [-0.4, -0.2) is 29.9 Å². The number of piperidine rings is 1. The maximum absolute atomic E-state index is 13.5. The molecule has 1 amide bonds. The van der Waals surface area contributed by atoms with E-state index in [2.05, 4.69) is 15.9 Å². The van der Waals surface area contributed by atoms with Crippen molar-refractivity contribution in [2.24, 2.45) is 11.7 Å². The molecule has 3 nitrogen and oxygen atoms in total. The minimum atomic E-state index is -0.411. The Hall–Kier alpha value is -0.940. The Morgan fingerprint density at radius 2 is 2.32 bits per heavy atom. The van der Waals surface area contributed by atoms with Crippen LogP contribution in [0.1, 0.15) is 30.1 Å². The molecule has 1 heterocycles. The minimum Gasteiger partial charge on any atom is -0.338 e. The lowest BCUT2D eigenvalue weighted by molar-refractivity contribution is 0.0660. The summed E-state index contributed by atoms with van der Waals surface area (Å²) >= 11 is 3.09. The molecule has 19 heavy (non-hydrogen) atoms. The van der Waals surface area contributed by atoms with Gasteiger partial charge in [0.2, 0.25) is 0 Å². The van der Waals surface area contributed by atoms with E-state index < -0.39 is 5.82 Å². The molecule has 0 radical (unpaired) electrons. The van der Waals surface area contributed by atoms with Gasteiger partial charge < -0.3 is 10.6 Å². The molecule has 104 valence electrons. The molecule has 2 N–H and O–H groups in total. The van der Waals surface area contributed by atoms with Crippen LogP contribution in [0.15, 0.2) is 22.7 Å². The van der Waals surface area contributed by atoms with Gasteiger partial charge in [-0.15, -0.1) is 0 Å². The third-order valence-corrected chi connectivity index (χ3v) is 4.30. The third-order valence-electron chi connectivity index (χ3n) is 3.66. The van der Waals surface area contributed by atoms with E-state index in [0.29, 0.717) is 22.5 Å². The summed E-state index contributed by atoms with van der Waals surface area (Å²) in [5, 5.41) is 0. The lowest BCUT2D eigenvalue weighted by atomic mass is 9.92. The number of carbonyl (C=O) groups is 1. The summed E-state index contributed by atoms with van der Waals surface area (Å²) in [7, 11) is 0. The first-order chi connectivity index (χ1) is 8.99. The fraction of sp³-hybridized carbons (Fsp3) is 0.500. The van der Waals surface area contributed by atoms with Crippen molar-refractivity contribution < 1.29 is 9.18 Å². The predicted molar refractivity (Wildman–Crippen MR) is 76.4 cm³/mol. The van der Waals surface area contributed by atoms with Gasteiger partial charge in [-0.25, -0.2) is 4.39 Å². The second-order valence-corrected chi connectivity index (χ2v) is 6.00. The zero-order valence-corrected chi connectivity index (χ0v) is 12.5. The van der Waals surface area contributed by atoms with Crippen LogP contribution in [0.5, 0.6) is 0 Å². The van der Waals surface area contributed by atoms with Gasteiger partial charge >= 0.3 is 0 Å². The van der Waals surface area contributed by atoms with Crippen LogP contribution in [0.2, 0.25) is 0 Å². The topological polar surface area (TPSA) is 46.3 Å². The van der Waals surface area contributed by atoms with E-state index in [4.69, 9.17) is 5.73 Å². The summed E-state index contributed by atoms with van der Waals surface area (Å²) in [5.41, 5.74) is 6.30. The molecule has 2 unspecified atom stereocenters. The molecular weight excluding hydrogens is 311 g/mol. The number of likely N-dealkylation sites (tertiary alicyclic amines) is 1. The molecule has 0 bridgehead atoms. The number of rotatable bonds is 2. The fourth-order valence-corrected chi connectivity index (χ4v) is 2.68. The lowest BCUT2D eigenvalue weighted by Gasteiger charge is -2.34. The molecule has 1 aromatic carbocycles. The standard InChI is InChI=1S/C14H18BrFN2O/c1-9(17)11-3-2-6-18(8-11)14(19)10-4-5-12(15)13(16)7-10/h4-5,7,9,11H,2-3,6,8,17H2,1H3. The first-order valence-corrected chi connectivity index (χ1v) is 7.28. The van der Waals surface area contributed by atoms with Crippen LogP contribution in [0.4, 0.5) is 4.39 Å². The van der Waals surface area contributed by atoms with Crippen LogP contribution in [-0.2, 0) is 0 Å². The van der Waals surface area contributed by atoms with Crippen LogP contribution in [0.25, 0.3) is 0 Å². The molecule has 0 spiro atoms. The fourth-order valence-electron chi connectivity index (χ4n) is 2.44. The highest BCUT2D eigenvalue weighted by molar-refractivity contribution is 9.10. The SMILES string of the molecule is CC(N)C1CCCN(C(=O)c2ccc(Br)c(F)c2)C1. The van der Waals surface area contributed by atoms with E-state index >= 15 is 0 Å². The van der Waals surface area contributed by atoms with Gasteiger partial charge in [0.05, 0.1) is 4.47 Å². The number of amides is 1. The number of nitrogens with zero attached hydrogens (tertiary/aromatic N) is 1. The zero-order chi connectivity index (χ0) is 14.0. The Morgan fingerprint density at radius 3 is 2.95 bits per heavy atom. The second-order valence-electron chi connectivity index (χ2n) is 5.14. The van der Waals surface area contributed by atoms with E-state index in [0.717, 1.165) is 19.4 Å². The number of nitrogens with two attached hydrogens (primary N) is 1. The molecule has 1 aromatic rings. The molecule has 1 aliphatic rings. The summed E-state index contributed by atoms with van der Waals surface area (Å²) in [6.07, 6.45) is 2.01. The Labute approximate surface area is 121 Å². The van der Waals surface area contributed by atoms with Gasteiger partial charge in [-0.1, -0.05) is 0 Å². The molecule has 1 aliphatic heterocycles. The van der Waals surface area contributed by atoms with Crippen LogP contribution >= 0.6 is 15.9 Å². The van der Waals surface area contributed by atoms with E-state index in [1.807, 2.05) is 6.92 Å². The Bertz CT molecular complexity index is 479. The molecule has 1 fully saturated rings. The first kappa shape index (κ1) is 14.5. The van der Waals surface area contributed by atoms with Crippen molar-refractivity contribution in [1.82, 2.24) is 4.90 Å². The molecule has 5 heteroatoms. The van der Waals surface area contributed by atoms with Crippen molar-refractivity contribution >= 4 is 21.8 Å². The molecule has 0 aliphatic carbocycles. The predicted octanol–water partition coefficient (Wildman–Crippen LogP) is 2.79. The Morgan fingerprint density at radius 1 is 1.58 bits per heavy atom. The minimum absolute atomic E-state index is 0.0808. The van der Waals surface area contributed by atoms with Gasteiger partial charge in [0.1, 0.15) is 5.82 Å². The summed E-state index contributed by atoms with van der Waals surface area (Å²) in [4.78, 5) is 14.1. The summed E-state index contributed by atoms with van der Waals surface area (Å²) in [6, 6.07) is 4.57. The van der Waals surface area contributed by atoms with Crippen molar-refractivity contribution in [3.8, 4) is 0 Å². The maximum Gasteiger partial charge on any atom is 0.253 e. The van der Waals surface area contributed by atoms with E-state index in [-0.39, 0.29) is 11.9 Å². The average molecular weight is 329 g/mol. The molecule has 2 atom stereocenters. The van der Waals surface area contributed by atoms with Crippen LogP contribution in [0, 0.1) is 11.7 Å². The quantitative estimate of drug-likeness (QED) is 0.907. The monoisotopic (exact) mass is 328 g/mol. The van der Waals surface area contributed by atoms with Crippen molar-refractivity contribution in [3.05, 3.63) is 34.1 Å². The van der Waals surface area contributed by atoms with Gasteiger partial charge in [-0.2, -0.15) is 0 Å². The smallest absolute Gasteiger partial charge is 0.253 e. The first-order valence-electron chi connectivity index (χ1n) is 6.49. The van der Waals surface area contributed by atoms with Crippen LogP contribution in [0.3, 0.4) is 0 Å². The highest BCUT2D eigenvalue weighted by Gasteiger charge is 2.26. The zero-order valence-electron chi connectivity index (χ0n) is 10.9. The summed E-state index contributed by atoms with van der Waals surface area (Å²) < 4.78 is 13.8. The van der Waals surface area contributed by atoms with Crippen LogP contribution < -0.4 is 5.73 Å². The number of carbonyl (C=O) groups excluding carboxylic acids is 1. The number of hydrogen-bond donors (Lipinski definition) is 1. The Balaban J connectivity index is 2.12. The van der Waals surface area contributed by atoms with Gasteiger partial charge in [-0.05, 0) is 59.8 Å². The van der Waals surface area contributed by atoms with Crippen molar-refractivity contribution in [3.63, 3.8) is 0 Å². The third kappa shape index (κ3) is 3.34. The van der Waals surface area contributed by atoms with Gasteiger partial charge in [-0.3, -0.25) is 4.79 Å². The summed E-state index contributed by atoms with van der Waals surface area (Å²) in [6.45, 7) is 3.35. The van der Waals surface area contributed by atoms with E-state index in [1.165, 1.54) is 6.07 Å². The second kappa shape index (κ2) is 6.01. The highest BCUT2D eigenvalue weighted by atomic mass is 79.9. The number of halogens is 2. The number of benzene rings is 1. The molecule has 0 aromatic heterocycles. The molecule has 0 saturated carbocycles. The van der Waals surface area contributed by atoms with Crippen molar-refractivity contribution in [2.45, 2.75) is 25.8 Å². The van der Waals surface area contributed by atoms with Gasteiger partial charge in [0.25, 0.3) is 5.91 Å².